The molecule has 0 bridgehead atoms. The fourth-order valence-electron chi connectivity index (χ4n) is 8.47. The number of benzene rings is 1. The van der Waals surface area contributed by atoms with Crippen molar-refractivity contribution in [1.82, 2.24) is 30.6 Å². The molecule has 4 aliphatic carbocycles. The third-order valence-corrected chi connectivity index (χ3v) is 11.6. The summed E-state index contributed by atoms with van der Waals surface area (Å²) in [4.78, 5) is 41.2. The predicted molar refractivity (Wildman–Crippen MR) is 184 cm³/mol. The van der Waals surface area contributed by atoms with Gasteiger partial charge < -0.3 is 20.6 Å². The van der Waals surface area contributed by atoms with Gasteiger partial charge in [-0.25, -0.2) is 4.98 Å². The molecule has 11 rings (SSSR count). The molecule has 0 radical (unpaired) electrons. The Bertz CT molecular complexity index is 2340. The topological polar surface area (TPSA) is 139 Å². The monoisotopic (exact) mass is 665 g/mol. The molecule has 2 saturated carbocycles. The minimum atomic E-state index is 0.00149. The molecule has 49 heavy (non-hydrogen) atoms. The van der Waals surface area contributed by atoms with Crippen molar-refractivity contribution in [1.29, 1.82) is 5.26 Å². The van der Waals surface area contributed by atoms with Crippen LogP contribution in [0.4, 0.5) is 0 Å². The zero-order valence-electron chi connectivity index (χ0n) is 26.7. The molecule has 2 aliphatic heterocycles. The molecule has 4 aromatic heterocycles. The number of hydrogen-bond donors (Lipinski definition) is 4. The summed E-state index contributed by atoms with van der Waals surface area (Å²) < 4.78 is 0. The SMILES string of the molecule is N#Cc1cccc(-c2cc3c(cn2)CCc2c-3[nH]c3c2C(=O)NC2(CC2)C3)c1.O=C1NC2(CC2)Cc2[nH]c3c(c21)CCc1cnc(Cl)cc1-3. The second kappa shape index (κ2) is 10.2. The van der Waals surface area contributed by atoms with Crippen molar-refractivity contribution in [2.24, 2.45) is 0 Å². The summed E-state index contributed by atoms with van der Waals surface area (Å²) in [6, 6.07) is 13.7. The average molecular weight is 666 g/mol. The lowest BCUT2D eigenvalue weighted by molar-refractivity contribution is 0.0908. The van der Waals surface area contributed by atoms with Crippen LogP contribution in [0.15, 0.2) is 48.8 Å². The Morgan fingerprint density at radius 1 is 0.735 bits per heavy atom. The first kappa shape index (κ1) is 28.8. The predicted octanol–water partition coefficient (Wildman–Crippen LogP) is 6.18. The fourth-order valence-corrected chi connectivity index (χ4v) is 8.63. The maximum absolute atomic E-state index is 12.8. The molecule has 6 heterocycles. The molecule has 0 atom stereocenters. The van der Waals surface area contributed by atoms with Gasteiger partial charge >= 0.3 is 0 Å². The van der Waals surface area contributed by atoms with E-state index in [-0.39, 0.29) is 22.9 Å². The van der Waals surface area contributed by atoms with Gasteiger partial charge in [0.05, 0.1) is 39.8 Å². The van der Waals surface area contributed by atoms with Gasteiger partial charge in [-0.2, -0.15) is 5.26 Å². The lowest BCUT2D eigenvalue weighted by Crippen LogP contribution is -2.43. The van der Waals surface area contributed by atoms with Crippen LogP contribution < -0.4 is 10.6 Å². The second-order valence-electron chi connectivity index (χ2n) is 14.6. The highest BCUT2D eigenvalue weighted by molar-refractivity contribution is 6.29. The van der Waals surface area contributed by atoms with Crippen molar-refractivity contribution in [3.8, 4) is 39.8 Å². The van der Waals surface area contributed by atoms with E-state index in [2.05, 4.69) is 42.7 Å². The summed E-state index contributed by atoms with van der Waals surface area (Å²) >= 11 is 6.05. The lowest BCUT2D eigenvalue weighted by Gasteiger charge is -2.24. The summed E-state index contributed by atoms with van der Waals surface area (Å²) in [6.45, 7) is 0. The van der Waals surface area contributed by atoms with Crippen LogP contribution in [0.25, 0.3) is 33.8 Å². The summed E-state index contributed by atoms with van der Waals surface area (Å²) in [6.07, 6.45) is 13.5. The second-order valence-corrected chi connectivity index (χ2v) is 15.0. The van der Waals surface area contributed by atoms with E-state index in [0.717, 1.165) is 132 Å². The number of nitriles is 1. The van der Waals surface area contributed by atoms with Gasteiger partial charge in [0.25, 0.3) is 11.8 Å². The summed E-state index contributed by atoms with van der Waals surface area (Å²) in [5.74, 6) is 0.172. The number of halogens is 1. The number of nitrogens with zero attached hydrogens (tertiary/aromatic N) is 3. The first-order valence-electron chi connectivity index (χ1n) is 17.1. The molecule has 2 amide bonds. The van der Waals surface area contributed by atoms with E-state index in [1.54, 1.807) is 6.07 Å². The molecule has 5 aromatic rings. The molecule has 6 aliphatic rings. The quantitative estimate of drug-likeness (QED) is 0.158. The van der Waals surface area contributed by atoms with Gasteiger partial charge in [-0.1, -0.05) is 23.7 Å². The third kappa shape index (κ3) is 4.57. The standard InChI is InChI=1S/C23H18N4O.C16H14ClN3O/c24-11-13-2-1-3-14(8-13)18-9-17-15(12-25-18)4-5-16-20-19(26-21(16)17)10-23(6-7-23)27-22(20)28;17-12-5-10-8(7-18-12)1-2-9-13-11(19-14(9)10)6-16(3-4-16)20-15(13)21/h1-3,8-9,12,26H,4-7,10H2,(H,27,28);5,7,19H,1-4,6H2,(H,20,21). The van der Waals surface area contributed by atoms with Crippen LogP contribution in [0, 0.1) is 11.3 Å². The molecular weight excluding hydrogens is 634 g/mol. The summed E-state index contributed by atoms with van der Waals surface area (Å²) in [7, 11) is 0. The van der Waals surface area contributed by atoms with Crippen LogP contribution in [-0.2, 0) is 38.5 Å². The van der Waals surface area contributed by atoms with Crippen LogP contribution in [0.2, 0.25) is 5.15 Å². The van der Waals surface area contributed by atoms with Crippen molar-refractivity contribution in [2.75, 3.05) is 0 Å². The number of rotatable bonds is 1. The lowest BCUT2D eigenvalue weighted by atomic mass is 9.87. The molecule has 2 spiro atoms. The Labute approximate surface area is 287 Å². The minimum absolute atomic E-state index is 0.00149. The average Bonchev–Trinajstić information content (AvgIpc) is 3.95. The Morgan fingerprint density at radius 3 is 1.88 bits per heavy atom. The third-order valence-electron chi connectivity index (χ3n) is 11.4. The normalized spacial score (nSPS) is 19.0. The van der Waals surface area contributed by atoms with E-state index < -0.39 is 0 Å². The van der Waals surface area contributed by atoms with Crippen LogP contribution in [-0.4, -0.2) is 42.8 Å². The number of nitrogens with one attached hydrogen (secondary N) is 4. The molecule has 4 N–H and O–H groups in total. The first-order valence-corrected chi connectivity index (χ1v) is 17.5. The molecule has 2 fully saturated rings. The van der Waals surface area contributed by atoms with Crippen LogP contribution >= 0.6 is 11.6 Å². The first-order chi connectivity index (χ1) is 23.8. The van der Waals surface area contributed by atoms with Crippen molar-refractivity contribution in [2.45, 2.75) is 75.3 Å². The number of H-pyrrole nitrogens is 2. The van der Waals surface area contributed by atoms with Crippen molar-refractivity contribution in [3.63, 3.8) is 0 Å². The van der Waals surface area contributed by atoms with Gasteiger partial charge in [0.1, 0.15) is 5.15 Å². The van der Waals surface area contributed by atoms with E-state index in [9.17, 15) is 14.9 Å². The highest BCUT2D eigenvalue weighted by Gasteiger charge is 2.50. The largest absolute Gasteiger partial charge is 0.357 e. The van der Waals surface area contributed by atoms with Crippen LogP contribution in [0.5, 0.6) is 0 Å². The number of hydrogen-bond acceptors (Lipinski definition) is 5. The molecule has 1 aromatic carbocycles. The number of aromatic amines is 2. The number of fused-ring (bicyclic) bond motifs is 10. The zero-order chi connectivity index (χ0) is 33.1. The Balaban J connectivity index is 0.000000130. The van der Waals surface area contributed by atoms with Gasteiger partial charge in [0.15, 0.2) is 0 Å². The van der Waals surface area contributed by atoms with E-state index >= 15 is 0 Å². The van der Waals surface area contributed by atoms with E-state index in [1.807, 2.05) is 36.7 Å². The maximum atomic E-state index is 12.8. The van der Waals surface area contributed by atoms with Crippen LogP contribution in [0.3, 0.4) is 0 Å². The van der Waals surface area contributed by atoms with Gasteiger partial charge in [0.2, 0.25) is 0 Å². The highest BCUT2D eigenvalue weighted by Crippen LogP contribution is 2.47. The van der Waals surface area contributed by atoms with Crippen molar-refractivity contribution < 1.29 is 9.59 Å². The molecule has 242 valence electrons. The van der Waals surface area contributed by atoms with Gasteiger partial charge in [-0.3, -0.25) is 14.6 Å². The molecule has 0 unspecified atom stereocenters. The summed E-state index contributed by atoms with van der Waals surface area (Å²) in [5, 5.41) is 16.1. The number of aryl methyl sites for hydroxylation is 2. The number of aromatic nitrogens is 4. The molecule has 0 saturated heterocycles. The number of carbonyl (C=O) groups excluding carboxylic acids is 2. The van der Waals surface area contributed by atoms with Gasteiger partial charge in [0, 0.05) is 64.4 Å². The van der Waals surface area contributed by atoms with Crippen LogP contribution in [0.1, 0.15) is 85.6 Å². The van der Waals surface area contributed by atoms with Gasteiger partial charge in [-0.05, 0) is 97.9 Å². The summed E-state index contributed by atoms with van der Waals surface area (Å²) in [5.41, 5.74) is 15.4. The maximum Gasteiger partial charge on any atom is 0.253 e. The Morgan fingerprint density at radius 2 is 1.31 bits per heavy atom. The highest BCUT2D eigenvalue weighted by atomic mass is 35.5. The minimum Gasteiger partial charge on any atom is -0.357 e. The van der Waals surface area contributed by atoms with Crippen molar-refractivity contribution in [3.05, 3.63) is 104 Å². The zero-order valence-corrected chi connectivity index (χ0v) is 27.5. The fraction of sp³-hybridized carbons (Fsp3) is 0.308. The number of amides is 2. The smallest absolute Gasteiger partial charge is 0.253 e. The molecule has 9 nitrogen and oxygen atoms in total. The van der Waals surface area contributed by atoms with E-state index in [4.69, 9.17) is 11.6 Å². The van der Waals surface area contributed by atoms with E-state index in [1.165, 1.54) is 11.1 Å². The van der Waals surface area contributed by atoms with E-state index in [0.29, 0.717) is 10.7 Å². The van der Waals surface area contributed by atoms with Crippen molar-refractivity contribution >= 4 is 23.4 Å². The molecular formula is C39H32ClN7O2. The number of carbonyl (C=O) groups is 2. The van der Waals surface area contributed by atoms with Gasteiger partial charge in [-0.15, -0.1) is 0 Å². The Kier molecular flexibility index (Phi) is 5.97. The number of pyridine rings is 2. The molecule has 10 heteroatoms. The Hall–Kier alpha value is -5.20.